The third kappa shape index (κ3) is 4.58. The van der Waals surface area contributed by atoms with Crippen LogP contribution in [0.1, 0.15) is 21.5 Å². The monoisotopic (exact) mass is 359 g/mol. The molecule has 0 radical (unpaired) electrons. The minimum atomic E-state index is -0.185. The van der Waals surface area contributed by atoms with Crippen LogP contribution in [0.4, 0.5) is 5.69 Å². The van der Waals surface area contributed by atoms with E-state index < -0.39 is 0 Å². The fourth-order valence-corrected chi connectivity index (χ4v) is 2.84. The van der Waals surface area contributed by atoms with Crippen LogP contribution in [0.25, 0.3) is 11.1 Å². The molecule has 1 aromatic heterocycles. The summed E-state index contributed by atoms with van der Waals surface area (Å²) >= 11 is 0. The number of rotatable bonds is 5. The number of hydrogen-bond donors (Lipinski definition) is 2. The van der Waals surface area contributed by atoms with Crippen molar-refractivity contribution in [1.82, 2.24) is 10.3 Å². The summed E-state index contributed by atoms with van der Waals surface area (Å²) in [6.07, 6.45) is 3.86. The fourth-order valence-electron chi connectivity index (χ4n) is 2.84. The maximum atomic E-state index is 12.5. The zero-order valence-electron chi connectivity index (χ0n) is 15.3. The number of carbonyl (C=O) groups is 2. The van der Waals surface area contributed by atoms with Crippen molar-refractivity contribution in [3.8, 4) is 11.1 Å². The van der Waals surface area contributed by atoms with Crippen LogP contribution < -0.4 is 10.6 Å². The number of nitrogens with one attached hydrogen (secondary N) is 2. The first-order chi connectivity index (χ1) is 13.1. The van der Waals surface area contributed by atoms with Crippen LogP contribution in [0.5, 0.6) is 0 Å². The number of anilines is 1. The lowest BCUT2D eigenvalue weighted by molar-refractivity contribution is -0.119. The van der Waals surface area contributed by atoms with Gasteiger partial charge in [-0.15, -0.1) is 0 Å². The second-order valence-corrected chi connectivity index (χ2v) is 6.27. The SMILES string of the molecule is CNC(=O)Cc1ccc(C(=O)Nc2ccc(-c3cccnc3)c(C)c2)cc1. The molecule has 0 aliphatic carbocycles. The van der Waals surface area contributed by atoms with Crippen molar-refractivity contribution in [2.45, 2.75) is 13.3 Å². The van der Waals surface area contributed by atoms with E-state index in [1.165, 1.54) is 0 Å². The second-order valence-electron chi connectivity index (χ2n) is 6.27. The lowest BCUT2D eigenvalue weighted by Gasteiger charge is -2.10. The molecule has 3 rings (SSSR count). The number of benzene rings is 2. The molecule has 0 fully saturated rings. The van der Waals surface area contributed by atoms with Crippen LogP contribution in [0.3, 0.4) is 0 Å². The topological polar surface area (TPSA) is 71.1 Å². The molecule has 0 saturated carbocycles. The molecule has 2 N–H and O–H groups in total. The largest absolute Gasteiger partial charge is 0.359 e. The van der Waals surface area contributed by atoms with Crippen molar-refractivity contribution < 1.29 is 9.59 Å². The summed E-state index contributed by atoms with van der Waals surface area (Å²) in [5.74, 6) is -0.244. The minimum Gasteiger partial charge on any atom is -0.359 e. The second kappa shape index (κ2) is 8.27. The molecule has 5 heteroatoms. The maximum Gasteiger partial charge on any atom is 0.255 e. The van der Waals surface area contributed by atoms with E-state index in [0.717, 1.165) is 27.9 Å². The predicted octanol–water partition coefficient (Wildman–Crippen LogP) is 3.60. The molecule has 0 atom stereocenters. The first-order valence-corrected chi connectivity index (χ1v) is 8.69. The van der Waals surface area contributed by atoms with Gasteiger partial charge in [-0.3, -0.25) is 14.6 Å². The van der Waals surface area contributed by atoms with Crippen molar-refractivity contribution in [1.29, 1.82) is 0 Å². The zero-order valence-corrected chi connectivity index (χ0v) is 15.3. The van der Waals surface area contributed by atoms with Gasteiger partial charge in [-0.25, -0.2) is 0 Å². The van der Waals surface area contributed by atoms with Crippen molar-refractivity contribution >= 4 is 17.5 Å². The normalized spacial score (nSPS) is 10.3. The zero-order chi connectivity index (χ0) is 19.2. The molecule has 0 aliphatic heterocycles. The van der Waals surface area contributed by atoms with Crippen LogP contribution >= 0.6 is 0 Å². The molecule has 2 amide bonds. The number of carbonyl (C=O) groups excluding carboxylic acids is 2. The van der Waals surface area contributed by atoms with Crippen molar-refractivity contribution in [3.63, 3.8) is 0 Å². The first-order valence-electron chi connectivity index (χ1n) is 8.69. The third-order valence-corrected chi connectivity index (χ3v) is 4.32. The van der Waals surface area contributed by atoms with E-state index in [-0.39, 0.29) is 11.8 Å². The Balaban J connectivity index is 1.71. The number of hydrogen-bond acceptors (Lipinski definition) is 3. The first kappa shape index (κ1) is 18.3. The number of aryl methyl sites for hydroxylation is 1. The average molecular weight is 359 g/mol. The number of nitrogens with zero attached hydrogens (tertiary/aromatic N) is 1. The molecule has 136 valence electrons. The Morgan fingerprint density at radius 1 is 1.04 bits per heavy atom. The van der Waals surface area contributed by atoms with Gasteiger partial charge in [0.2, 0.25) is 5.91 Å². The summed E-state index contributed by atoms with van der Waals surface area (Å²) in [5, 5.41) is 5.50. The summed E-state index contributed by atoms with van der Waals surface area (Å²) < 4.78 is 0. The molecule has 1 heterocycles. The minimum absolute atomic E-state index is 0.0589. The van der Waals surface area contributed by atoms with Gasteiger partial charge in [0.05, 0.1) is 6.42 Å². The highest BCUT2D eigenvalue weighted by Crippen LogP contribution is 2.25. The lowest BCUT2D eigenvalue weighted by Crippen LogP contribution is -2.20. The molecule has 2 aromatic carbocycles. The van der Waals surface area contributed by atoms with E-state index in [0.29, 0.717) is 12.0 Å². The summed E-state index contributed by atoms with van der Waals surface area (Å²) in [4.78, 5) is 28.0. The summed E-state index contributed by atoms with van der Waals surface area (Å²) in [6, 6.07) is 16.8. The highest BCUT2D eigenvalue weighted by molar-refractivity contribution is 6.04. The van der Waals surface area contributed by atoms with Crippen LogP contribution in [0.2, 0.25) is 0 Å². The molecular formula is C22H21N3O2. The van der Waals surface area contributed by atoms with E-state index in [4.69, 9.17) is 0 Å². The summed E-state index contributed by atoms with van der Waals surface area (Å²) in [7, 11) is 1.60. The van der Waals surface area contributed by atoms with Gasteiger partial charge >= 0.3 is 0 Å². The van der Waals surface area contributed by atoms with Gasteiger partial charge in [0, 0.05) is 36.3 Å². The molecule has 0 spiro atoms. The molecule has 5 nitrogen and oxygen atoms in total. The van der Waals surface area contributed by atoms with Gasteiger partial charge in [0.1, 0.15) is 0 Å². The van der Waals surface area contributed by atoms with Crippen LogP contribution in [-0.2, 0) is 11.2 Å². The molecule has 27 heavy (non-hydrogen) atoms. The quantitative estimate of drug-likeness (QED) is 0.731. The molecule has 3 aromatic rings. The maximum absolute atomic E-state index is 12.5. The number of likely N-dealkylation sites (N-methyl/N-ethyl adjacent to an activating group) is 1. The number of pyridine rings is 1. The smallest absolute Gasteiger partial charge is 0.255 e. The Morgan fingerprint density at radius 2 is 1.81 bits per heavy atom. The van der Waals surface area contributed by atoms with E-state index in [9.17, 15) is 9.59 Å². The summed E-state index contributed by atoms with van der Waals surface area (Å²) in [5.41, 5.74) is 5.33. The van der Waals surface area contributed by atoms with Gasteiger partial charge in [0.25, 0.3) is 5.91 Å². The van der Waals surface area contributed by atoms with Crippen LogP contribution in [0, 0.1) is 6.92 Å². The van der Waals surface area contributed by atoms with Gasteiger partial charge in [0.15, 0.2) is 0 Å². The Morgan fingerprint density at radius 3 is 2.44 bits per heavy atom. The lowest BCUT2D eigenvalue weighted by atomic mass is 10.0. The summed E-state index contributed by atoms with van der Waals surface area (Å²) in [6.45, 7) is 2.01. The molecule has 0 bridgehead atoms. The number of amides is 2. The van der Waals surface area contributed by atoms with E-state index >= 15 is 0 Å². The Labute approximate surface area is 158 Å². The molecule has 0 aliphatic rings. The van der Waals surface area contributed by atoms with Gasteiger partial charge in [-0.05, 0) is 53.9 Å². The van der Waals surface area contributed by atoms with Crippen molar-refractivity contribution in [2.24, 2.45) is 0 Å². The molecular weight excluding hydrogens is 338 g/mol. The Kier molecular flexibility index (Phi) is 5.61. The van der Waals surface area contributed by atoms with Gasteiger partial charge in [-0.2, -0.15) is 0 Å². The fraction of sp³-hybridized carbons (Fsp3) is 0.136. The Hall–Kier alpha value is -3.47. The highest BCUT2D eigenvalue weighted by Gasteiger charge is 2.09. The van der Waals surface area contributed by atoms with Crippen molar-refractivity contribution in [3.05, 3.63) is 83.7 Å². The average Bonchev–Trinajstić information content (AvgIpc) is 2.69. The standard InChI is InChI=1S/C22H21N3O2/c1-15-12-19(9-10-20(15)18-4-3-11-24-14-18)25-22(27)17-7-5-16(6-8-17)13-21(26)23-2/h3-12,14H,13H2,1-2H3,(H,23,26)(H,25,27). The van der Waals surface area contributed by atoms with E-state index in [1.54, 1.807) is 37.5 Å². The molecule has 0 saturated heterocycles. The van der Waals surface area contributed by atoms with Gasteiger partial charge in [-0.1, -0.05) is 24.3 Å². The van der Waals surface area contributed by atoms with Gasteiger partial charge < -0.3 is 10.6 Å². The van der Waals surface area contributed by atoms with E-state index in [1.807, 2.05) is 43.5 Å². The van der Waals surface area contributed by atoms with Crippen molar-refractivity contribution in [2.75, 3.05) is 12.4 Å². The van der Waals surface area contributed by atoms with Crippen LogP contribution in [0.15, 0.2) is 67.0 Å². The predicted molar refractivity (Wildman–Crippen MR) is 107 cm³/mol. The third-order valence-electron chi connectivity index (χ3n) is 4.32. The van der Waals surface area contributed by atoms with Crippen LogP contribution in [-0.4, -0.2) is 23.8 Å². The molecule has 0 unspecified atom stereocenters. The highest BCUT2D eigenvalue weighted by atomic mass is 16.2. The Bertz CT molecular complexity index is 951. The number of aromatic nitrogens is 1. The van der Waals surface area contributed by atoms with E-state index in [2.05, 4.69) is 15.6 Å².